The molecule has 132 valence electrons. The number of fused-ring (bicyclic) bond motifs is 1. The normalized spacial score (nSPS) is 17.0. The minimum atomic E-state index is -0.442. The molecule has 3 aromatic rings. The number of carbonyl (C=O) groups excluding carboxylic acids is 2. The van der Waals surface area contributed by atoms with Crippen LogP contribution in [0.2, 0.25) is 5.02 Å². The number of pyridine rings is 1. The molecule has 0 aliphatic carbocycles. The fourth-order valence-corrected chi connectivity index (χ4v) is 4.58. The lowest BCUT2D eigenvalue weighted by Gasteiger charge is -2.23. The van der Waals surface area contributed by atoms with Crippen LogP contribution >= 0.6 is 22.9 Å². The maximum atomic E-state index is 13.1. The zero-order valence-corrected chi connectivity index (χ0v) is 15.4. The number of likely N-dealkylation sites (tertiary alicyclic amines) is 1. The maximum Gasteiger partial charge on any atom is 0.273 e. The number of benzene rings is 1. The first-order valence-corrected chi connectivity index (χ1v) is 9.50. The summed E-state index contributed by atoms with van der Waals surface area (Å²) < 4.78 is 0. The van der Waals surface area contributed by atoms with Gasteiger partial charge in [0.05, 0.1) is 21.5 Å². The maximum absolute atomic E-state index is 13.1. The summed E-state index contributed by atoms with van der Waals surface area (Å²) in [4.78, 5) is 32.2. The Morgan fingerprint density at radius 1 is 1.19 bits per heavy atom. The highest BCUT2D eigenvalue weighted by molar-refractivity contribution is 7.14. The van der Waals surface area contributed by atoms with Gasteiger partial charge in [-0.3, -0.25) is 9.59 Å². The van der Waals surface area contributed by atoms with Gasteiger partial charge in [-0.25, -0.2) is 4.98 Å². The number of nitrogens with zero attached hydrogens (tertiary/aromatic N) is 2. The molecule has 2 aromatic heterocycles. The molecule has 1 fully saturated rings. The van der Waals surface area contributed by atoms with Crippen molar-refractivity contribution in [3.8, 4) is 0 Å². The van der Waals surface area contributed by atoms with Gasteiger partial charge in [0.15, 0.2) is 0 Å². The first-order valence-electron chi connectivity index (χ1n) is 8.30. The molecule has 0 bridgehead atoms. The Kier molecular flexibility index (Phi) is 4.38. The van der Waals surface area contributed by atoms with Gasteiger partial charge in [-0.15, -0.1) is 11.3 Å². The number of amides is 2. The van der Waals surface area contributed by atoms with Crippen molar-refractivity contribution in [1.29, 1.82) is 0 Å². The number of nitrogens with two attached hydrogens (primary N) is 1. The largest absolute Gasteiger partial charge is 0.365 e. The van der Waals surface area contributed by atoms with Crippen molar-refractivity contribution in [2.75, 3.05) is 6.54 Å². The molecule has 2 N–H and O–H groups in total. The predicted octanol–water partition coefficient (Wildman–Crippen LogP) is 4.03. The van der Waals surface area contributed by atoms with Crippen molar-refractivity contribution in [1.82, 2.24) is 9.88 Å². The fraction of sp³-hybridized carbons (Fsp3) is 0.211. The Balaban J connectivity index is 1.66. The molecule has 0 unspecified atom stereocenters. The quantitative estimate of drug-likeness (QED) is 0.739. The summed E-state index contributed by atoms with van der Waals surface area (Å²) in [6, 6.07) is 12.7. The molecule has 4 rings (SSSR count). The molecule has 1 aliphatic rings. The number of halogens is 1. The van der Waals surface area contributed by atoms with Gasteiger partial charge in [0, 0.05) is 16.8 Å². The van der Waals surface area contributed by atoms with Crippen LogP contribution in [0.15, 0.2) is 42.5 Å². The Morgan fingerprint density at radius 3 is 2.81 bits per heavy atom. The number of rotatable bonds is 3. The van der Waals surface area contributed by atoms with Crippen LogP contribution in [0.3, 0.4) is 0 Å². The molecule has 26 heavy (non-hydrogen) atoms. The van der Waals surface area contributed by atoms with Crippen LogP contribution in [0, 0.1) is 0 Å². The molecule has 5 nitrogen and oxygen atoms in total. The summed E-state index contributed by atoms with van der Waals surface area (Å²) in [6.07, 6.45) is 1.77. The number of carbonyl (C=O) groups is 2. The standard InChI is InChI=1S/C19H16ClN3O2S/c20-12-4-1-3-11-6-7-13(22-17(11)12)19(25)23-10-2-5-14(23)15-8-9-16(26-15)18(21)24/h1,3-4,6-9,14H,2,5,10H2,(H2,21,24)/t14-/m1/s1. The topological polar surface area (TPSA) is 76.3 Å². The molecule has 1 aliphatic heterocycles. The third-order valence-electron chi connectivity index (χ3n) is 4.60. The van der Waals surface area contributed by atoms with Crippen LogP contribution in [0.1, 0.15) is 43.9 Å². The van der Waals surface area contributed by atoms with Crippen LogP contribution in [-0.4, -0.2) is 28.2 Å². The molecule has 1 aromatic carbocycles. The van der Waals surface area contributed by atoms with E-state index in [-0.39, 0.29) is 11.9 Å². The Labute approximate surface area is 159 Å². The summed E-state index contributed by atoms with van der Waals surface area (Å²) in [6.45, 7) is 0.662. The van der Waals surface area contributed by atoms with Gasteiger partial charge >= 0.3 is 0 Å². The van der Waals surface area contributed by atoms with Crippen LogP contribution in [0.5, 0.6) is 0 Å². The molecule has 1 saturated heterocycles. The first kappa shape index (κ1) is 17.0. The van der Waals surface area contributed by atoms with Crippen LogP contribution in [-0.2, 0) is 0 Å². The molecule has 2 amide bonds. The number of aromatic nitrogens is 1. The number of thiophene rings is 1. The molecule has 1 atom stereocenters. The van der Waals surface area contributed by atoms with Crippen LogP contribution in [0.4, 0.5) is 0 Å². The highest BCUT2D eigenvalue weighted by Gasteiger charge is 2.32. The van der Waals surface area contributed by atoms with Crippen molar-refractivity contribution >= 4 is 45.7 Å². The lowest BCUT2D eigenvalue weighted by atomic mass is 10.1. The number of hydrogen-bond acceptors (Lipinski definition) is 4. The van der Waals surface area contributed by atoms with E-state index in [1.54, 1.807) is 18.2 Å². The predicted molar refractivity (Wildman–Crippen MR) is 103 cm³/mol. The lowest BCUT2D eigenvalue weighted by Crippen LogP contribution is -2.30. The minimum absolute atomic E-state index is 0.0515. The summed E-state index contributed by atoms with van der Waals surface area (Å²) in [5.41, 5.74) is 6.35. The van der Waals surface area contributed by atoms with Gasteiger partial charge in [0.25, 0.3) is 11.8 Å². The van der Waals surface area contributed by atoms with E-state index in [0.29, 0.717) is 27.7 Å². The molecule has 3 heterocycles. The van der Waals surface area contributed by atoms with Gasteiger partial charge < -0.3 is 10.6 Å². The third kappa shape index (κ3) is 2.95. The van der Waals surface area contributed by atoms with E-state index in [4.69, 9.17) is 17.3 Å². The average molecular weight is 386 g/mol. The van der Waals surface area contributed by atoms with Gasteiger partial charge in [-0.05, 0) is 37.1 Å². The van der Waals surface area contributed by atoms with Gasteiger partial charge in [0.1, 0.15) is 5.69 Å². The lowest BCUT2D eigenvalue weighted by molar-refractivity contribution is 0.0732. The van der Waals surface area contributed by atoms with Crippen LogP contribution in [0.25, 0.3) is 10.9 Å². The second-order valence-electron chi connectivity index (χ2n) is 6.23. The summed E-state index contributed by atoms with van der Waals surface area (Å²) in [5.74, 6) is -0.564. The van der Waals surface area contributed by atoms with Crippen molar-refractivity contribution in [2.45, 2.75) is 18.9 Å². The smallest absolute Gasteiger partial charge is 0.273 e. The second-order valence-corrected chi connectivity index (χ2v) is 7.75. The molecule has 7 heteroatoms. The van der Waals surface area contributed by atoms with Crippen molar-refractivity contribution in [3.05, 3.63) is 62.9 Å². The fourth-order valence-electron chi connectivity index (χ4n) is 3.35. The van der Waals surface area contributed by atoms with E-state index >= 15 is 0 Å². The van der Waals surface area contributed by atoms with Crippen molar-refractivity contribution < 1.29 is 9.59 Å². The summed E-state index contributed by atoms with van der Waals surface area (Å²) in [5, 5.41) is 1.43. The van der Waals surface area contributed by atoms with E-state index in [0.717, 1.165) is 23.1 Å². The molecule has 0 spiro atoms. The molecule has 0 radical (unpaired) electrons. The van der Waals surface area contributed by atoms with Gasteiger partial charge in [-0.2, -0.15) is 0 Å². The zero-order chi connectivity index (χ0) is 18.3. The van der Waals surface area contributed by atoms with E-state index in [1.165, 1.54) is 11.3 Å². The second kappa shape index (κ2) is 6.70. The minimum Gasteiger partial charge on any atom is -0.365 e. The van der Waals surface area contributed by atoms with Gasteiger partial charge in [0.2, 0.25) is 0 Å². The summed E-state index contributed by atoms with van der Waals surface area (Å²) >= 11 is 7.57. The average Bonchev–Trinajstić information content (AvgIpc) is 3.30. The Morgan fingerprint density at radius 2 is 2.04 bits per heavy atom. The van der Waals surface area contributed by atoms with Crippen molar-refractivity contribution in [2.24, 2.45) is 5.73 Å². The van der Waals surface area contributed by atoms with Gasteiger partial charge in [-0.1, -0.05) is 29.8 Å². The monoisotopic (exact) mass is 385 g/mol. The van der Waals surface area contributed by atoms with E-state index in [9.17, 15) is 9.59 Å². The SMILES string of the molecule is NC(=O)c1ccc([C@H]2CCCN2C(=O)c2ccc3cccc(Cl)c3n2)s1. The third-order valence-corrected chi connectivity index (χ3v) is 6.11. The highest BCUT2D eigenvalue weighted by atomic mass is 35.5. The zero-order valence-electron chi connectivity index (χ0n) is 13.8. The Hall–Kier alpha value is -2.44. The number of primary amides is 1. The van der Waals surface area contributed by atoms with Crippen LogP contribution < -0.4 is 5.73 Å². The molecular formula is C19H16ClN3O2S. The number of hydrogen-bond donors (Lipinski definition) is 1. The molecular weight excluding hydrogens is 370 g/mol. The van der Waals surface area contributed by atoms with E-state index in [1.807, 2.05) is 29.2 Å². The Bertz CT molecular complexity index is 1020. The van der Waals surface area contributed by atoms with E-state index in [2.05, 4.69) is 4.98 Å². The molecule has 0 saturated carbocycles. The highest BCUT2D eigenvalue weighted by Crippen LogP contribution is 2.36. The number of para-hydroxylation sites is 1. The first-order chi connectivity index (χ1) is 12.5. The van der Waals surface area contributed by atoms with Crippen molar-refractivity contribution in [3.63, 3.8) is 0 Å². The van der Waals surface area contributed by atoms with E-state index < -0.39 is 5.91 Å². The summed E-state index contributed by atoms with van der Waals surface area (Å²) in [7, 11) is 0.